The Morgan fingerprint density at radius 3 is 1.87 bits per heavy atom. The fraction of sp³-hybridized carbons (Fsp3) is 0.0476. The maximum Gasteiger partial charge on any atom is 0.0972 e. The molecule has 0 saturated heterocycles. The van der Waals surface area contributed by atoms with Gasteiger partial charge in [0.05, 0.1) is 22.1 Å². The molecule has 0 saturated carbocycles. The predicted octanol–water partition coefficient (Wildman–Crippen LogP) is 10.7. The van der Waals surface area contributed by atoms with Crippen LogP contribution >= 0.6 is 0 Å². The lowest BCUT2D eigenvalue weighted by molar-refractivity contribution is 1.09. The molecule has 2 aromatic heterocycles. The summed E-state index contributed by atoms with van der Waals surface area (Å²) >= 11 is 0. The number of aromatic nitrogens is 3. The molecule has 6 aromatic carbocycles. The Morgan fingerprint density at radius 2 is 1.15 bits per heavy atom. The number of anilines is 2. The van der Waals surface area contributed by atoms with Crippen LogP contribution in [0.15, 0.2) is 152 Å². The van der Waals surface area contributed by atoms with E-state index >= 15 is 0 Å². The normalized spacial score (nSPS) is 15.1. The third-order valence-electron chi connectivity index (χ3n) is 9.24. The van der Waals surface area contributed by atoms with Crippen molar-refractivity contribution in [1.29, 1.82) is 0 Å². The number of fused-ring (bicyclic) bond motifs is 10. The summed E-state index contributed by atoms with van der Waals surface area (Å²) in [5.41, 5.74) is 9.69. The molecular weight excluding hydrogens is 560 g/mol. The van der Waals surface area contributed by atoms with Gasteiger partial charge < -0.3 is 9.47 Å². The molecule has 0 N–H and O–H groups in total. The zero-order valence-corrected chi connectivity index (χ0v) is 25.3. The van der Waals surface area contributed by atoms with Crippen molar-refractivity contribution >= 4 is 71.3 Å². The summed E-state index contributed by atoms with van der Waals surface area (Å²) in [5, 5.41) is 7.02. The first kappa shape index (κ1) is 26.4. The molecule has 0 atom stereocenters. The quantitative estimate of drug-likeness (QED) is 0.148. The van der Waals surface area contributed by atoms with Gasteiger partial charge in [-0.1, -0.05) is 97.6 Å². The summed E-state index contributed by atoms with van der Waals surface area (Å²) < 4.78 is 2.36. The maximum absolute atomic E-state index is 4.93. The first-order valence-corrected chi connectivity index (χ1v) is 15.7. The van der Waals surface area contributed by atoms with Crippen molar-refractivity contribution in [2.45, 2.75) is 6.42 Å². The summed E-state index contributed by atoms with van der Waals surface area (Å²) in [7, 11) is 0. The van der Waals surface area contributed by atoms with Gasteiger partial charge in [0.25, 0.3) is 0 Å². The van der Waals surface area contributed by atoms with Gasteiger partial charge in [-0.05, 0) is 65.2 Å². The van der Waals surface area contributed by atoms with E-state index in [2.05, 4.69) is 150 Å². The zero-order chi connectivity index (χ0) is 30.6. The molecule has 218 valence electrons. The lowest BCUT2D eigenvalue weighted by Crippen LogP contribution is -2.18. The molecule has 1 aliphatic rings. The van der Waals surface area contributed by atoms with E-state index in [4.69, 9.17) is 9.97 Å². The maximum atomic E-state index is 4.93. The first-order valence-electron chi connectivity index (χ1n) is 15.7. The highest BCUT2D eigenvalue weighted by Crippen LogP contribution is 2.40. The van der Waals surface area contributed by atoms with Gasteiger partial charge in [0.2, 0.25) is 0 Å². The third-order valence-corrected chi connectivity index (χ3v) is 9.24. The average molecular weight is 591 g/mol. The molecule has 0 amide bonds. The first-order chi connectivity index (χ1) is 22.8. The predicted molar refractivity (Wildman–Crippen MR) is 194 cm³/mol. The summed E-state index contributed by atoms with van der Waals surface area (Å²) in [5.74, 6) is 0. The van der Waals surface area contributed by atoms with Crippen LogP contribution < -0.4 is 4.90 Å². The number of hydrogen-bond donors (Lipinski definition) is 0. The molecule has 3 heterocycles. The molecule has 0 radical (unpaired) electrons. The fourth-order valence-electron chi connectivity index (χ4n) is 7.14. The van der Waals surface area contributed by atoms with E-state index in [0.29, 0.717) is 0 Å². The van der Waals surface area contributed by atoms with Crippen LogP contribution in [0.25, 0.3) is 65.6 Å². The van der Waals surface area contributed by atoms with Crippen molar-refractivity contribution in [3.05, 3.63) is 158 Å². The second-order valence-corrected chi connectivity index (χ2v) is 11.8. The van der Waals surface area contributed by atoms with Crippen LogP contribution in [0.1, 0.15) is 12.0 Å². The topological polar surface area (TPSA) is 34.0 Å². The summed E-state index contributed by atoms with van der Waals surface area (Å²) in [6.45, 7) is 5.14. The van der Waals surface area contributed by atoms with Gasteiger partial charge in [-0.25, -0.2) is 0 Å². The van der Waals surface area contributed by atoms with Crippen LogP contribution in [0.2, 0.25) is 0 Å². The Labute approximate surface area is 266 Å². The third kappa shape index (κ3) is 4.07. The Bertz CT molecular complexity index is 2490. The number of benzene rings is 6. The summed E-state index contributed by atoms with van der Waals surface area (Å²) in [6.07, 6.45) is 13.2. The van der Waals surface area contributed by atoms with E-state index in [9.17, 15) is 0 Å². The van der Waals surface area contributed by atoms with Crippen molar-refractivity contribution in [2.75, 3.05) is 11.4 Å². The van der Waals surface area contributed by atoms with Crippen LogP contribution in [0, 0.1) is 0 Å². The van der Waals surface area contributed by atoms with Crippen LogP contribution in [0.3, 0.4) is 0 Å². The molecule has 0 aliphatic carbocycles. The van der Waals surface area contributed by atoms with Gasteiger partial charge in [0.1, 0.15) is 0 Å². The van der Waals surface area contributed by atoms with E-state index in [1.54, 1.807) is 12.4 Å². The van der Waals surface area contributed by atoms with E-state index in [0.717, 1.165) is 68.4 Å². The molecule has 4 heteroatoms. The molecule has 0 bridgehead atoms. The highest BCUT2D eigenvalue weighted by atomic mass is 15.1. The SMILES string of the molecule is C=C1/C=C\C/C=C\CN(c2ccc3c4ccc(-n5c6ccccc6c6ccccc65)cc4c4nccnc4c3c2)c2ccccc21. The van der Waals surface area contributed by atoms with E-state index < -0.39 is 0 Å². The highest BCUT2D eigenvalue weighted by molar-refractivity contribution is 6.24. The number of rotatable bonds is 2. The standard InChI is InChI=1S/C42H30N4/c1-28-12-4-2-3-11-25-45(38-16-8-5-13-31(28)38)29-19-21-32-33-22-20-30(27-37(33)42-41(36(32)26-29)43-23-24-44-42)46-39-17-9-6-14-34(39)35-15-7-10-18-40(35)46/h3-24,26-27H,1-2,25H2/b11-3-,12-4-. The van der Waals surface area contributed by atoms with Crippen molar-refractivity contribution in [2.24, 2.45) is 0 Å². The van der Waals surface area contributed by atoms with Crippen molar-refractivity contribution in [3.8, 4) is 5.69 Å². The summed E-state index contributed by atoms with van der Waals surface area (Å²) in [6, 6.07) is 39.3. The van der Waals surface area contributed by atoms with Crippen molar-refractivity contribution in [3.63, 3.8) is 0 Å². The number of para-hydroxylation sites is 3. The summed E-state index contributed by atoms with van der Waals surface area (Å²) in [4.78, 5) is 12.2. The molecule has 4 nitrogen and oxygen atoms in total. The minimum absolute atomic E-state index is 0.753. The molecule has 0 unspecified atom stereocenters. The lowest BCUT2D eigenvalue weighted by Gasteiger charge is -2.27. The Hall–Kier alpha value is -6.00. The number of allylic oxidation sites excluding steroid dienone is 4. The minimum atomic E-state index is 0.753. The second-order valence-electron chi connectivity index (χ2n) is 11.8. The van der Waals surface area contributed by atoms with Gasteiger partial charge in [0.15, 0.2) is 0 Å². The van der Waals surface area contributed by atoms with Crippen LogP contribution in [0.4, 0.5) is 11.4 Å². The highest BCUT2D eigenvalue weighted by Gasteiger charge is 2.18. The van der Waals surface area contributed by atoms with Gasteiger partial charge in [0, 0.05) is 63.1 Å². The van der Waals surface area contributed by atoms with Crippen LogP contribution in [0.5, 0.6) is 0 Å². The fourth-order valence-corrected chi connectivity index (χ4v) is 7.14. The Balaban J connectivity index is 1.27. The largest absolute Gasteiger partial charge is 0.337 e. The van der Waals surface area contributed by atoms with Gasteiger partial charge in [-0.15, -0.1) is 0 Å². The Kier molecular flexibility index (Phi) is 6.07. The monoisotopic (exact) mass is 590 g/mol. The molecule has 8 aromatic rings. The van der Waals surface area contributed by atoms with E-state index in [1.807, 2.05) is 0 Å². The zero-order valence-electron chi connectivity index (χ0n) is 25.3. The Morgan fingerprint density at radius 1 is 0.543 bits per heavy atom. The van der Waals surface area contributed by atoms with E-state index in [-0.39, 0.29) is 0 Å². The number of nitrogens with zero attached hydrogens (tertiary/aromatic N) is 4. The molecule has 46 heavy (non-hydrogen) atoms. The molecule has 9 rings (SSSR count). The van der Waals surface area contributed by atoms with Gasteiger partial charge in [-0.3, -0.25) is 9.97 Å². The number of hydrogen-bond acceptors (Lipinski definition) is 3. The lowest BCUT2D eigenvalue weighted by atomic mass is 9.97. The molecule has 0 fully saturated rings. The minimum Gasteiger partial charge on any atom is -0.337 e. The molecule has 1 aliphatic heterocycles. The second kappa shape index (κ2) is 10.6. The van der Waals surface area contributed by atoms with Crippen molar-refractivity contribution < 1.29 is 0 Å². The average Bonchev–Trinajstić information content (AvgIpc) is 3.45. The van der Waals surface area contributed by atoms with Gasteiger partial charge >= 0.3 is 0 Å². The molecule has 0 spiro atoms. The van der Waals surface area contributed by atoms with Crippen LogP contribution in [-0.2, 0) is 0 Å². The van der Waals surface area contributed by atoms with Gasteiger partial charge in [-0.2, -0.15) is 0 Å². The smallest absolute Gasteiger partial charge is 0.0972 e. The van der Waals surface area contributed by atoms with Crippen molar-refractivity contribution in [1.82, 2.24) is 14.5 Å². The van der Waals surface area contributed by atoms with E-state index in [1.165, 1.54) is 27.2 Å². The molecular formula is C42H30N4. The van der Waals surface area contributed by atoms with Crippen LogP contribution in [-0.4, -0.2) is 21.1 Å².